The predicted octanol–water partition coefficient (Wildman–Crippen LogP) is -2.14. The van der Waals surface area contributed by atoms with E-state index in [2.05, 4.69) is 20.6 Å². The SMILES string of the molecule is CC(C)C(NC(=O)C1CCCN1C(=O)C(CC(N)=O)NC(=O)C(N)Cc1cnc[nH]1)C(=O)O. The number of rotatable bonds is 11. The molecule has 1 saturated heterocycles. The molecule has 4 atom stereocenters. The number of hydrogen-bond acceptors (Lipinski definition) is 7. The maximum Gasteiger partial charge on any atom is 0.326 e. The highest BCUT2D eigenvalue weighted by molar-refractivity contribution is 5.96. The summed E-state index contributed by atoms with van der Waals surface area (Å²) in [6.45, 7) is 3.52. The molecule has 4 unspecified atom stereocenters. The molecule has 4 amide bonds. The summed E-state index contributed by atoms with van der Waals surface area (Å²) in [6.07, 6.45) is 3.42. The minimum Gasteiger partial charge on any atom is -0.480 e. The first-order valence-electron chi connectivity index (χ1n) is 10.7. The van der Waals surface area contributed by atoms with E-state index < -0.39 is 60.2 Å². The molecule has 1 fully saturated rings. The number of imidazole rings is 1. The van der Waals surface area contributed by atoms with Crippen molar-refractivity contribution in [2.24, 2.45) is 17.4 Å². The molecule has 0 aromatic carbocycles. The second-order valence-corrected chi connectivity index (χ2v) is 8.38. The number of aromatic nitrogens is 2. The summed E-state index contributed by atoms with van der Waals surface area (Å²) in [5.74, 6) is -4.31. The van der Waals surface area contributed by atoms with E-state index in [9.17, 15) is 29.1 Å². The molecule has 1 aliphatic rings. The number of primary amides is 1. The van der Waals surface area contributed by atoms with E-state index >= 15 is 0 Å². The van der Waals surface area contributed by atoms with Crippen LogP contribution in [0.5, 0.6) is 0 Å². The third kappa shape index (κ3) is 7.00. The number of nitrogens with two attached hydrogens (primary N) is 2. The van der Waals surface area contributed by atoms with Crippen LogP contribution in [0.15, 0.2) is 12.5 Å². The summed E-state index contributed by atoms with van der Waals surface area (Å²) in [5.41, 5.74) is 11.8. The average Bonchev–Trinajstić information content (AvgIpc) is 3.41. The number of likely N-dealkylation sites (tertiary alicyclic amines) is 1. The lowest BCUT2D eigenvalue weighted by molar-refractivity contribution is -0.146. The first kappa shape index (κ1) is 25.8. The number of carbonyl (C=O) groups excluding carboxylic acids is 4. The number of nitrogens with zero attached hydrogens (tertiary/aromatic N) is 2. The van der Waals surface area contributed by atoms with Crippen LogP contribution in [0, 0.1) is 5.92 Å². The van der Waals surface area contributed by atoms with Gasteiger partial charge < -0.3 is 37.1 Å². The summed E-state index contributed by atoms with van der Waals surface area (Å²) in [4.78, 5) is 69.4. The molecule has 0 radical (unpaired) electrons. The lowest BCUT2D eigenvalue weighted by atomic mass is 10.0. The van der Waals surface area contributed by atoms with Crippen LogP contribution < -0.4 is 22.1 Å². The predicted molar refractivity (Wildman–Crippen MR) is 115 cm³/mol. The molecule has 0 aliphatic carbocycles. The molecule has 1 aromatic rings. The number of carboxylic acids is 1. The molecule has 8 N–H and O–H groups in total. The van der Waals surface area contributed by atoms with Crippen molar-refractivity contribution in [3.63, 3.8) is 0 Å². The standard InChI is InChI=1S/C20H31N7O6/c1-10(2)16(20(32)33)26-18(30)14-4-3-5-27(14)19(31)13(7-15(22)28)25-17(29)12(21)6-11-8-23-9-24-11/h8-10,12-14,16H,3-7,21H2,1-2H3,(H2,22,28)(H,23,24)(H,25,29)(H,26,30)(H,32,33). The Morgan fingerprint density at radius 2 is 1.97 bits per heavy atom. The molecule has 33 heavy (non-hydrogen) atoms. The Morgan fingerprint density at radius 1 is 1.27 bits per heavy atom. The number of carbonyl (C=O) groups is 5. The Hall–Kier alpha value is -3.48. The summed E-state index contributed by atoms with van der Waals surface area (Å²) in [7, 11) is 0. The van der Waals surface area contributed by atoms with E-state index in [1.165, 1.54) is 17.4 Å². The maximum absolute atomic E-state index is 13.2. The first-order valence-corrected chi connectivity index (χ1v) is 10.7. The van der Waals surface area contributed by atoms with E-state index in [1.807, 2.05) is 0 Å². The molecule has 0 saturated carbocycles. The number of nitrogens with one attached hydrogen (secondary N) is 3. The molecule has 2 heterocycles. The van der Waals surface area contributed by atoms with Gasteiger partial charge in [-0.3, -0.25) is 19.2 Å². The fourth-order valence-electron chi connectivity index (χ4n) is 3.67. The lowest BCUT2D eigenvalue weighted by Crippen LogP contribution is -2.58. The quantitative estimate of drug-likeness (QED) is 0.211. The van der Waals surface area contributed by atoms with Gasteiger partial charge in [-0.1, -0.05) is 13.8 Å². The van der Waals surface area contributed by atoms with E-state index in [0.717, 1.165) is 0 Å². The Morgan fingerprint density at radius 3 is 2.52 bits per heavy atom. The van der Waals surface area contributed by atoms with Gasteiger partial charge in [0.1, 0.15) is 18.1 Å². The summed E-state index contributed by atoms with van der Waals surface area (Å²) >= 11 is 0. The Kier molecular flexibility index (Phi) is 8.91. The van der Waals surface area contributed by atoms with Gasteiger partial charge in [0.2, 0.25) is 23.6 Å². The van der Waals surface area contributed by atoms with Crippen molar-refractivity contribution in [1.29, 1.82) is 0 Å². The lowest BCUT2D eigenvalue weighted by Gasteiger charge is -2.30. The van der Waals surface area contributed by atoms with Crippen LogP contribution in [0.4, 0.5) is 0 Å². The van der Waals surface area contributed by atoms with Gasteiger partial charge in [-0.15, -0.1) is 0 Å². The Balaban J connectivity index is 2.11. The normalized spacial score (nSPS) is 18.4. The number of aliphatic carboxylic acids is 1. The number of amides is 4. The van der Waals surface area contributed by atoms with Gasteiger partial charge in [0.15, 0.2) is 0 Å². The topological polar surface area (TPSA) is 214 Å². The van der Waals surface area contributed by atoms with E-state index in [4.69, 9.17) is 11.5 Å². The smallest absolute Gasteiger partial charge is 0.326 e. The van der Waals surface area contributed by atoms with Gasteiger partial charge >= 0.3 is 5.97 Å². The highest BCUT2D eigenvalue weighted by Gasteiger charge is 2.39. The average molecular weight is 466 g/mol. The summed E-state index contributed by atoms with van der Waals surface area (Å²) in [5, 5.41) is 14.3. The van der Waals surface area contributed by atoms with Crippen LogP contribution in [0.25, 0.3) is 0 Å². The van der Waals surface area contributed by atoms with E-state index in [1.54, 1.807) is 13.8 Å². The molecule has 13 heteroatoms. The van der Waals surface area contributed by atoms with E-state index in [0.29, 0.717) is 18.5 Å². The third-order valence-electron chi connectivity index (χ3n) is 5.42. The van der Waals surface area contributed by atoms with Crippen LogP contribution in [0.1, 0.15) is 38.8 Å². The van der Waals surface area contributed by atoms with Crippen molar-refractivity contribution in [2.45, 2.75) is 63.7 Å². The fourth-order valence-corrected chi connectivity index (χ4v) is 3.67. The van der Waals surface area contributed by atoms with Crippen LogP contribution in [-0.2, 0) is 30.4 Å². The van der Waals surface area contributed by atoms with Crippen LogP contribution in [0.3, 0.4) is 0 Å². The van der Waals surface area contributed by atoms with Gasteiger partial charge in [-0.05, 0) is 18.8 Å². The molecule has 1 aromatic heterocycles. The van der Waals surface area contributed by atoms with Gasteiger partial charge in [0.05, 0.1) is 18.8 Å². The largest absolute Gasteiger partial charge is 0.480 e. The summed E-state index contributed by atoms with van der Waals surface area (Å²) in [6, 6.07) is -4.37. The highest BCUT2D eigenvalue weighted by atomic mass is 16.4. The van der Waals surface area contributed by atoms with E-state index in [-0.39, 0.29) is 18.9 Å². The van der Waals surface area contributed by atoms with Crippen molar-refractivity contribution in [3.05, 3.63) is 18.2 Å². The molecule has 0 spiro atoms. The van der Waals surface area contributed by atoms with Crippen molar-refractivity contribution in [1.82, 2.24) is 25.5 Å². The molecule has 0 bridgehead atoms. The number of hydrogen-bond donors (Lipinski definition) is 6. The fraction of sp³-hybridized carbons (Fsp3) is 0.600. The zero-order chi connectivity index (χ0) is 24.7. The minimum absolute atomic E-state index is 0.129. The second kappa shape index (κ2) is 11.4. The highest BCUT2D eigenvalue weighted by Crippen LogP contribution is 2.20. The third-order valence-corrected chi connectivity index (χ3v) is 5.42. The zero-order valence-electron chi connectivity index (χ0n) is 18.6. The number of H-pyrrole nitrogens is 1. The van der Waals surface area contributed by atoms with Crippen LogP contribution in [-0.4, -0.2) is 80.3 Å². The van der Waals surface area contributed by atoms with Crippen LogP contribution >= 0.6 is 0 Å². The Labute approximate surface area is 190 Å². The monoisotopic (exact) mass is 465 g/mol. The molecule has 1 aliphatic heterocycles. The second-order valence-electron chi connectivity index (χ2n) is 8.38. The molecule has 2 rings (SSSR count). The van der Waals surface area contributed by atoms with Gasteiger partial charge in [0.25, 0.3) is 0 Å². The molecule has 13 nitrogen and oxygen atoms in total. The molecule has 182 valence electrons. The Bertz CT molecular complexity index is 872. The van der Waals surface area contributed by atoms with Gasteiger partial charge in [-0.25, -0.2) is 9.78 Å². The first-order chi connectivity index (χ1) is 15.5. The van der Waals surface area contributed by atoms with Gasteiger partial charge in [-0.2, -0.15) is 0 Å². The van der Waals surface area contributed by atoms with Crippen LogP contribution in [0.2, 0.25) is 0 Å². The van der Waals surface area contributed by atoms with Crippen molar-refractivity contribution < 1.29 is 29.1 Å². The number of carboxylic acid groups (broad SMARTS) is 1. The van der Waals surface area contributed by atoms with Crippen molar-refractivity contribution in [2.75, 3.05) is 6.54 Å². The van der Waals surface area contributed by atoms with Gasteiger partial charge in [0, 0.05) is 24.9 Å². The molecular weight excluding hydrogens is 434 g/mol. The minimum atomic E-state index is -1.31. The summed E-state index contributed by atoms with van der Waals surface area (Å²) < 4.78 is 0. The van der Waals surface area contributed by atoms with Crippen molar-refractivity contribution >= 4 is 29.6 Å². The van der Waals surface area contributed by atoms with Crippen molar-refractivity contribution in [3.8, 4) is 0 Å². The number of aromatic amines is 1. The zero-order valence-corrected chi connectivity index (χ0v) is 18.6. The molecular formula is C20H31N7O6. The maximum atomic E-state index is 13.2.